The van der Waals surface area contributed by atoms with Gasteiger partial charge >= 0.3 is 0 Å². The van der Waals surface area contributed by atoms with Gasteiger partial charge in [0.2, 0.25) is 0 Å². The molecule has 3 aliphatic heterocycles. The number of fused-ring (bicyclic) bond motifs is 14. The Balaban J connectivity index is 1.16. The fraction of sp³-hybridized carbons (Fsp3) is 0.465. The Hall–Kier alpha value is -5.06. The maximum absolute atomic E-state index is 2.87. The Morgan fingerprint density at radius 3 is 1.80 bits per heavy atom. The Bertz CT molecular complexity index is 3600. The average Bonchev–Trinajstić information content (AvgIpc) is 3.84. The van der Waals surface area contributed by atoms with Crippen LogP contribution in [0.25, 0.3) is 21.2 Å². The molecule has 1 saturated carbocycles. The first-order chi connectivity index (χ1) is 35.4. The lowest BCUT2D eigenvalue weighted by Crippen LogP contribution is -2.61. The lowest BCUT2D eigenvalue weighted by Gasteiger charge is -2.49. The largest absolute Gasteiger partial charge is 0.311 e. The molecule has 1 atom stereocenters. The van der Waals surface area contributed by atoms with Crippen molar-refractivity contribution in [3.05, 3.63) is 147 Å². The molecule has 1 aromatic heterocycles. The predicted molar refractivity (Wildman–Crippen MR) is 325 cm³/mol. The molecule has 2 nitrogen and oxygen atoms in total. The molecule has 0 radical (unpaired) electrons. The highest BCUT2D eigenvalue weighted by Crippen LogP contribution is 2.59. The van der Waals surface area contributed by atoms with Crippen molar-refractivity contribution in [3.8, 4) is 11.1 Å². The van der Waals surface area contributed by atoms with E-state index in [1.165, 1.54) is 179 Å². The summed E-state index contributed by atoms with van der Waals surface area (Å²) in [5.74, 6) is 0.520. The van der Waals surface area contributed by atoms with E-state index in [0.717, 1.165) is 12.8 Å². The zero-order valence-corrected chi connectivity index (χ0v) is 48.8. The maximum atomic E-state index is 2.87. The quantitative estimate of drug-likeness (QED) is 0.159. The molecule has 0 spiro atoms. The predicted octanol–water partition coefficient (Wildman–Crippen LogP) is 18.4. The number of thiophene rings is 1. The minimum absolute atomic E-state index is 0.0120. The Morgan fingerprint density at radius 1 is 0.520 bits per heavy atom. The number of hydrogen-bond donors (Lipinski definition) is 0. The number of nitrogens with zero attached hydrogens (tertiary/aromatic N) is 2. The number of benzene rings is 6. The molecule has 75 heavy (non-hydrogen) atoms. The van der Waals surface area contributed by atoms with Crippen LogP contribution >= 0.6 is 11.3 Å². The zero-order valence-electron chi connectivity index (χ0n) is 48.0. The fourth-order valence-electron chi connectivity index (χ4n) is 16.1. The first kappa shape index (κ1) is 48.3. The van der Waals surface area contributed by atoms with E-state index < -0.39 is 0 Å². The average molecular weight is 1010 g/mol. The minimum Gasteiger partial charge on any atom is -0.311 e. The van der Waals surface area contributed by atoms with Crippen molar-refractivity contribution < 1.29 is 0 Å². The minimum atomic E-state index is -0.131. The molecule has 4 aliphatic carbocycles. The van der Waals surface area contributed by atoms with Crippen molar-refractivity contribution in [2.45, 2.75) is 211 Å². The van der Waals surface area contributed by atoms with Crippen LogP contribution in [0.15, 0.2) is 97.1 Å². The van der Waals surface area contributed by atoms with Gasteiger partial charge in [0.25, 0.3) is 6.71 Å². The molecular formula is C71H81BN2S. The van der Waals surface area contributed by atoms with Crippen molar-refractivity contribution in [2.24, 2.45) is 0 Å². The summed E-state index contributed by atoms with van der Waals surface area (Å²) >= 11 is 2.08. The molecule has 1 unspecified atom stereocenters. The van der Waals surface area contributed by atoms with Gasteiger partial charge in [0, 0.05) is 48.6 Å². The highest BCUT2D eigenvalue weighted by molar-refractivity contribution is 7.33. The molecule has 0 saturated heterocycles. The van der Waals surface area contributed by atoms with Gasteiger partial charge in [-0.25, -0.2) is 0 Å². The van der Waals surface area contributed by atoms with Crippen LogP contribution < -0.4 is 25.5 Å². The summed E-state index contributed by atoms with van der Waals surface area (Å²) in [6.07, 6.45) is 13.5. The third kappa shape index (κ3) is 6.88. The summed E-state index contributed by atoms with van der Waals surface area (Å²) in [6.45, 7) is 35.0. The van der Waals surface area contributed by atoms with Crippen LogP contribution in [0, 0.1) is 0 Å². The second kappa shape index (κ2) is 15.6. The van der Waals surface area contributed by atoms with Gasteiger partial charge in [0.15, 0.2) is 0 Å². The topological polar surface area (TPSA) is 6.48 Å². The molecule has 1 fully saturated rings. The second-order valence-corrected chi connectivity index (χ2v) is 30.7. The molecule has 7 aliphatic rings. The van der Waals surface area contributed by atoms with E-state index in [2.05, 4.69) is 215 Å². The normalized spacial score (nSPS) is 22.9. The molecule has 4 heteroatoms. The van der Waals surface area contributed by atoms with Gasteiger partial charge in [0.1, 0.15) is 0 Å². The standard InChI is InChI=1S/C71H81BN2S/c1-65(2,3)45-23-26-61-49(36-45)63-64(75-61)72-56-39-53-55-41-58(56)74(57-40-54-52(68(8,9)29-30-69(54,10)11)38-48(57)43-21-18-22-46(33-43)71(55,14)32-31-70(53,12)13)60-35-44(42-19-16-15-17-20-42)34-59(62(60)72)73(63)47-24-25-50-51(37-47)67(6,7)28-27-66(50,4)5/h18,21-26,33-42H,15-17,19-20,27-32H2,1-14H3. The molecule has 0 amide bonds. The van der Waals surface area contributed by atoms with E-state index in [9.17, 15) is 0 Å². The lowest BCUT2D eigenvalue weighted by molar-refractivity contribution is 0.332. The van der Waals surface area contributed by atoms with Gasteiger partial charge in [-0.1, -0.05) is 159 Å². The monoisotopic (exact) mass is 1000 g/mol. The van der Waals surface area contributed by atoms with Crippen molar-refractivity contribution in [2.75, 3.05) is 9.80 Å². The first-order valence-corrected chi connectivity index (χ1v) is 30.2. The third-order valence-electron chi connectivity index (χ3n) is 21.5. The van der Waals surface area contributed by atoms with Crippen molar-refractivity contribution in [1.82, 2.24) is 0 Å². The van der Waals surface area contributed by atoms with E-state index in [4.69, 9.17) is 0 Å². The number of anilines is 6. The van der Waals surface area contributed by atoms with Gasteiger partial charge in [-0.2, -0.15) is 0 Å². The zero-order chi connectivity index (χ0) is 52.3. The number of hydrogen-bond acceptors (Lipinski definition) is 3. The van der Waals surface area contributed by atoms with Crippen LogP contribution in [0.5, 0.6) is 0 Å². The Labute approximate surface area is 454 Å². The van der Waals surface area contributed by atoms with Crippen LogP contribution in [0.4, 0.5) is 34.1 Å². The van der Waals surface area contributed by atoms with Crippen molar-refractivity contribution >= 4 is 78.0 Å². The van der Waals surface area contributed by atoms with E-state index >= 15 is 0 Å². The van der Waals surface area contributed by atoms with Gasteiger partial charge in [-0.15, -0.1) is 11.3 Å². The lowest BCUT2D eigenvalue weighted by atomic mass is 9.35. The van der Waals surface area contributed by atoms with Crippen LogP contribution in [0.3, 0.4) is 0 Å². The van der Waals surface area contributed by atoms with E-state index in [1.807, 2.05) is 0 Å². The fourth-order valence-corrected chi connectivity index (χ4v) is 17.4. The van der Waals surface area contributed by atoms with E-state index in [1.54, 1.807) is 0 Å². The highest BCUT2D eigenvalue weighted by Gasteiger charge is 2.51. The van der Waals surface area contributed by atoms with Crippen molar-refractivity contribution in [1.29, 1.82) is 0 Å². The molecule has 0 N–H and O–H groups in total. The third-order valence-corrected chi connectivity index (χ3v) is 22.7. The van der Waals surface area contributed by atoms with Crippen LogP contribution in [-0.2, 0) is 37.9 Å². The molecule has 7 aromatic rings. The molecule has 4 bridgehead atoms. The van der Waals surface area contributed by atoms with Gasteiger partial charge in [0.05, 0.1) is 11.4 Å². The summed E-state index contributed by atoms with van der Waals surface area (Å²) in [6, 6.07) is 41.6. The first-order valence-electron chi connectivity index (χ1n) is 29.4. The summed E-state index contributed by atoms with van der Waals surface area (Å²) in [5, 5.41) is 1.40. The summed E-state index contributed by atoms with van der Waals surface area (Å²) < 4.78 is 2.89. The molecule has 14 rings (SSSR count). The molecular weight excluding hydrogens is 924 g/mol. The van der Waals surface area contributed by atoms with Crippen molar-refractivity contribution in [3.63, 3.8) is 0 Å². The van der Waals surface area contributed by atoms with Gasteiger partial charge < -0.3 is 9.80 Å². The van der Waals surface area contributed by atoms with E-state index in [0.29, 0.717) is 5.92 Å². The van der Waals surface area contributed by atoms with Crippen LogP contribution in [0.2, 0.25) is 0 Å². The highest BCUT2D eigenvalue weighted by atomic mass is 32.1. The Kier molecular flexibility index (Phi) is 10.0. The van der Waals surface area contributed by atoms with Gasteiger partial charge in [-0.3, -0.25) is 0 Å². The van der Waals surface area contributed by atoms with Crippen LogP contribution in [-0.4, -0.2) is 6.71 Å². The molecule has 6 aromatic carbocycles. The molecule has 384 valence electrons. The second-order valence-electron chi connectivity index (χ2n) is 29.6. The maximum Gasteiger partial charge on any atom is 0.264 e. The Morgan fingerprint density at radius 2 is 1.12 bits per heavy atom. The number of rotatable bonds is 2. The summed E-state index contributed by atoms with van der Waals surface area (Å²) in [4.78, 5) is 5.70. The van der Waals surface area contributed by atoms with E-state index in [-0.39, 0.29) is 44.6 Å². The smallest absolute Gasteiger partial charge is 0.264 e. The molecule has 4 heterocycles. The summed E-state index contributed by atoms with van der Waals surface area (Å²) in [5.41, 5.74) is 27.7. The SMILES string of the molecule is CC(C)(C)c1ccc2sc3c(c2c1)N(c1ccc2c(c1)C(C)(C)CCC2(C)C)c1cc(C2CCCCC2)cc2c1B3c1cc3c4cc1N2c1cc2c(cc1-c1cccc(c1)C4(C)CCC3(C)C)C(C)(C)CCC2(C)C. The van der Waals surface area contributed by atoms with Crippen LogP contribution in [0.1, 0.15) is 224 Å². The van der Waals surface area contributed by atoms with Gasteiger partial charge in [-0.05, 0) is 211 Å². The summed E-state index contributed by atoms with van der Waals surface area (Å²) in [7, 11) is 0.